The summed E-state index contributed by atoms with van der Waals surface area (Å²) in [5.41, 5.74) is 1.18. The second-order valence-corrected chi connectivity index (χ2v) is 5.37. The van der Waals surface area contributed by atoms with Crippen LogP contribution in [0.4, 0.5) is 0 Å². The van der Waals surface area contributed by atoms with Gasteiger partial charge in [0.05, 0.1) is 13.5 Å². The first-order chi connectivity index (χ1) is 7.75. The maximum atomic E-state index is 11.2. The van der Waals surface area contributed by atoms with Crippen molar-refractivity contribution in [2.75, 3.05) is 7.11 Å². The number of methoxy groups -OCH3 is 1. The Bertz CT molecular complexity index is 433. The van der Waals surface area contributed by atoms with E-state index in [1.165, 1.54) is 7.11 Å². The molecule has 0 atom stereocenters. The molecule has 0 unspecified atom stereocenters. The Morgan fingerprint density at radius 3 is 2.47 bits per heavy atom. The lowest BCUT2D eigenvalue weighted by molar-refractivity contribution is -0.139. The molecular formula is C13H17ClO3. The molecule has 0 saturated heterocycles. The molecule has 1 aromatic carbocycles. The topological polar surface area (TPSA) is 46.5 Å². The largest absolute Gasteiger partial charge is 0.508 e. The molecule has 0 bridgehead atoms. The van der Waals surface area contributed by atoms with Gasteiger partial charge in [-0.1, -0.05) is 32.4 Å². The maximum absolute atomic E-state index is 11.2. The summed E-state index contributed by atoms with van der Waals surface area (Å²) in [4.78, 5) is 11.2. The summed E-state index contributed by atoms with van der Waals surface area (Å²) in [6.07, 6.45) is 0.0203. The monoisotopic (exact) mass is 256 g/mol. The number of hydrogen-bond acceptors (Lipinski definition) is 3. The molecule has 0 aliphatic heterocycles. The first kappa shape index (κ1) is 13.8. The smallest absolute Gasteiger partial charge is 0.310 e. The third-order valence-electron chi connectivity index (χ3n) is 2.54. The average Bonchev–Trinajstić information content (AvgIpc) is 2.21. The molecule has 0 saturated carbocycles. The van der Waals surface area contributed by atoms with Crippen LogP contribution in [0.2, 0.25) is 5.02 Å². The van der Waals surface area contributed by atoms with Crippen molar-refractivity contribution in [2.24, 2.45) is 0 Å². The number of hydrogen-bond donors (Lipinski definition) is 1. The normalized spacial score (nSPS) is 11.4. The Labute approximate surface area is 106 Å². The highest BCUT2D eigenvalue weighted by atomic mass is 35.5. The zero-order valence-electron chi connectivity index (χ0n) is 10.5. The lowest BCUT2D eigenvalue weighted by Crippen LogP contribution is -2.12. The zero-order chi connectivity index (χ0) is 13.2. The van der Waals surface area contributed by atoms with Gasteiger partial charge in [-0.2, -0.15) is 0 Å². The van der Waals surface area contributed by atoms with Gasteiger partial charge in [0.15, 0.2) is 0 Å². The number of phenolic OH excluding ortho intramolecular Hbond substituents is 1. The SMILES string of the molecule is COC(=O)Cc1cc(Cl)c(C(C)(C)C)cc1O. The van der Waals surface area contributed by atoms with E-state index in [0.717, 1.165) is 5.56 Å². The predicted octanol–water partition coefficient (Wildman–Crippen LogP) is 3.06. The molecule has 1 aromatic rings. The Kier molecular flexibility index (Phi) is 4.04. The van der Waals surface area contributed by atoms with Crippen molar-refractivity contribution in [3.8, 4) is 5.75 Å². The summed E-state index contributed by atoms with van der Waals surface area (Å²) >= 11 is 6.15. The van der Waals surface area contributed by atoms with E-state index in [1.807, 2.05) is 20.8 Å². The fraction of sp³-hybridized carbons (Fsp3) is 0.462. The van der Waals surface area contributed by atoms with Crippen LogP contribution >= 0.6 is 11.6 Å². The quantitative estimate of drug-likeness (QED) is 0.828. The van der Waals surface area contributed by atoms with Crippen LogP contribution in [0.1, 0.15) is 31.9 Å². The van der Waals surface area contributed by atoms with E-state index < -0.39 is 5.97 Å². The lowest BCUT2D eigenvalue weighted by atomic mass is 9.86. The Morgan fingerprint density at radius 1 is 1.41 bits per heavy atom. The zero-order valence-corrected chi connectivity index (χ0v) is 11.3. The van der Waals surface area contributed by atoms with Crippen molar-refractivity contribution in [1.82, 2.24) is 0 Å². The molecule has 0 heterocycles. The Hall–Kier alpha value is -1.22. The van der Waals surface area contributed by atoms with Gasteiger partial charge in [0, 0.05) is 10.6 Å². The molecule has 0 amide bonds. The predicted molar refractivity (Wildman–Crippen MR) is 67.5 cm³/mol. The molecule has 0 aliphatic rings. The fourth-order valence-corrected chi connectivity index (χ4v) is 2.02. The highest BCUT2D eigenvalue weighted by Crippen LogP contribution is 2.34. The van der Waals surface area contributed by atoms with Crippen LogP contribution in [0.5, 0.6) is 5.75 Å². The van der Waals surface area contributed by atoms with E-state index in [0.29, 0.717) is 10.6 Å². The number of benzene rings is 1. The second-order valence-electron chi connectivity index (χ2n) is 4.96. The van der Waals surface area contributed by atoms with Crippen LogP contribution in [0, 0.1) is 0 Å². The van der Waals surface area contributed by atoms with Gasteiger partial charge in [0.1, 0.15) is 5.75 Å². The molecule has 1 N–H and O–H groups in total. The molecular weight excluding hydrogens is 240 g/mol. The maximum Gasteiger partial charge on any atom is 0.310 e. The fourth-order valence-electron chi connectivity index (χ4n) is 1.55. The van der Waals surface area contributed by atoms with Crippen LogP contribution in [-0.4, -0.2) is 18.2 Å². The van der Waals surface area contributed by atoms with E-state index in [-0.39, 0.29) is 17.6 Å². The van der Waals surface area contributed by atoms with E-state index >= 15 is 0 Å². The van der Waals surface area contributed by atoms with Crippen molar-refractivity contribution < 1.29 is 14.6 Å². The van der Waals surface area contributed by atoms with Crippen LogP contribution in [0.3, 0.4) is 0 Å². The number of phenols is 1. The third kappa shape index (κ3) is 3.37. The van der Waals surface area contributed by atoms with Crippen molar-refractivity contribution in [3.63, 3.8) is 0 Å². The molecule has 4 heteroatoms. The van der Waals surface area contributed by atoms with Crippen LogP contribution in [0.15, 0.2) is 12.1 Å². The number of rotatable bonds is 2. The summed E-state index contributed by atoms with van der Waals surface area (Å²) in [5.74, 6) is -0.329. The number of aromatic hydroxyl groups is 1. The van der Waals surface area contributed by atoms with Crippen LogP contribution < -0.4 is 0 Å². The number of carbonyl (C=O) groups is 1. The number of halogens is 1. The number of ether oxygens (including phenoxy) is 1. The highest BCUT2D eigenvalue weighted by Gasteiger charge is 2.20. The minimum absolute atomic E-state index is 0.0203. The number of esters is 1. The van der Waals surface area contributed by atoms with E-state index in [9.17, 15) is 9.90 Å². The van der Waals surface area contributed by atoms with Crippen LogP contribution in [0.25, 0.3) is 0 Å². The second kappa shape index (κ2) is 4.96. The highest BCUT2D eigenvalue weighted by molar-refractivity contribution is 6.31. The third-order valence-corrected chi connectivity index (χ3v) is 2.85. The molecule has 0 aromatic heterocycles. The molecule has 17 heavy (non-hydrogen) atoms. The summed E-state index contributed by atoms with van der Waals surface area (Å²) in [6, 6.07) is 3.23. The molecule has 0 radical (unpaired) electrons. The number of carbonyl (C=O) groups excluding carboxylic acids is 1. The standard InChI is InChI=1S/C13H17ClO3/c1-13(2,3)9-7-11(15)8(5-10(9)14)6-12(16)17-4/h5,7,15H,6H2,1-4H3. The summed E-state index contributed by atoms with van der Waals surface area (Å²) in [5, 5.41) is 10.4. The van der Waals surface area contributed by atoms with Crippen LogP contribution in [-0.2, 0) is 21.4 Å². The van der Waals surface area contributed by atoms with Gasteiger partial charge in [-0.15, -0.1) is 0 Å². The van der Waals surface area contributed by atoms with Gasteiger partial charge >= 0.3 is 5.97 Å². The lowest BCUT2D eigenvalue weighted by Gasteiger charge is -2.21. The molecule has 0 spiro atoms. The molecule has 3 nitrogen and oxygen atoms in total. The minimum atomic E-state index is -0.403. The van der Waals surface area contributed by atoms with E-state index in [4.69, 9.17) is 11.6 Å². The van der Waals surface area contributed by atoms with E-state index in [2.05, 4.69) is 4.74 Å². The van der Waals surface area contributed by atoms with Gasteiger partial charge in [-0.3, -0.25) is 4.79 Å². The molecule has 94 valence electrons. The first-order valence-electron chi connectivity index (χ1n) is 5.34. The average molecular weight is 257 g/mol. The van der Waals surface area contributed by atoms with Crippen molar-refractivity contribution in [1.29, 1.82) is 0 Å². The van der Waals surface area contributed by atoms with Gasteiger partial charge in [0.25, 0.3) is 0 Å². The first-order valence-corrected chi connectivity index (χ1v) is 5.72. The molecule has 1 rings (SSSR count). The minimum Gasteiger partial charge on any atom is -0.508 e. The van der Waals surface area contributed by atoms with Gasteiger partial charge in [-0.05, 0) is 23.1 Å². The Morgan fingerprint density at radius 2 is 2.00 bits per heavy atom. The molecule has 0 fully saturated rings. The van der Waals surface area contributed by atoms with Crippen molar-refractivity contribution >= 4 is 17.6 Å². The summed E-state index contributed by atoms with van der Waals surface area (Å²) in [7, 11) is 1.31. The summed E-state index contributed by atoms with van der Waals surface area (Å²) < 4.78 is 4.55. The van der Waals surface area contributed by atoms with Gasteiger partial charge in [-0.25, -0.2) is 0 Å². The van der Waals surface area contributed by atoms with Crippen molar-refractivity contribution in [3.05, 3.63) is 28.3 Å². The van der Waals surface area contributed by atoms with Gasteiger partial charge in [0.2, 0.25) is 0 Å². The molecule has 0 aliphatic carbocycles. The Balaban J connectivity index is 3.14. The summed E-state index contributed by atoms with van der Waals surface area (Å²) in [6.45, 7) is 6.02. The van der Waals surface area contributed by atoms with Gasteiger partial charge < -0.3 is 9.84 Å². The van der Waals surface area contributed by atoms with Crippen molar-refractivity contribution in [2.45, 2.75) is 32.6 Å². The van der Waals surface area contributed by atoms with E-state index in [1.54, 1.807) is 12.1 Å².